The summed E-state index contributed by atoms with van der Waals surface area (Å²) in [5, 5.41) is 0. The molecule has 0 spiro atoms. The van der Waals surface area contributed by atoms with Crippen molar-refractivity contribution in [3.05, 3.63) is 29.3 Å². The van der Waals surface area contributed by atoms with E-state index in [9.17, 15) is 0 Å². The zero-order valence-electron chi connectivity index (χ0n) is 10.8. The molecule has 100 valence electrons. The number of hydrogen-bond donors (Lipinski definition) is 1. The molecule has 1 aromatic carbocycles. The van der Waals surface area contributed by atoms with E-state index in [0.717, 1.165) is 16.9 Å². The first-order valence-corrected chi connectivity index (χ1v) is 6.16. The molecule has 2 N–H and O–H groups in total. The molecule has 0 atom stereocenters. The maximum atomic E-state index is 5.68. The molecule has 0 aromatic heterocycles. The monoisotopic (exact) mass is 269 g/mol. The lowest BCUT2D eigenvalue weighted by atomic mass is 10.1. The van der Waals surface area contributed by atoms with Crippen LogP contribution in [0.5, 0.6) is 5.75 Å². The first-order valence-electron chi connectivity index (χ1n) is 5.75. The summed E-state index contributed by atoms with van der Waals surface area (Å²) in [4.78, 5) is 0.342. The van der Waals surface area contributed by atoms with E-state index in [-0.39, 0.29) is 0 Å². The summed E-state index contributed by atoms with van der Waals surface area (Å²) in [5.41, 5.74) is 7.43. The summed E-state index contributed by atoms with van der Waals surface area (Å²) in [7, 11) is 1.64. The van der Waals surface area contributed by atoms with Crippen molar-refractivity contribution in [2.45, 2.75) is 6.92 Å². The standard InChI is InChI=1S/C13H19NO3S/c1-10-4-3-5-11(13(14)18)12(10)17-9-8-16-7-6-15-2/h3-5H,6-9H2,1-2H3,(H2,14,18). The van der Waals surface area contributed by atoms with Crippen LogP contribution in [0.3, 0.4) is 0 Å². The quantitative estimate of drug-likeness (QED) is 0.575. The zero-order chi connectivity index (χ0) is 13.4. The number of para-hydroxylation sites is 1. The van der Waals surface area contributed by atoms with Crippen molar-refractivity contribution in [3.8, 4) is 5.75 Å². The highest BCUT2D eigenvalue weighted by Gasteiger charge is 2.08. The van der Waals surface area contributed by atoms with E-state index in [1.807, 2.05) is 25.1 Å². The van der Waals surface area contributed by atoms with Crippen LogP contribution in [0.2, 0.25) is 0 Å². The van der Waals surface area contributed by atoms with Crippen LogP contribution < -0.4 is 10.5 Å². The van der Waals surface area contributed by atoms with E-state index in [2.05, 4.69) is 0 Å². The first kappa shape index (κ1) is 14.9. The molecule has 4 nitrogen and oxygen atoms in total. The second-order valence-electron chi connectivity index (χ2n) is 3.77. The average Bonchev–Trinajstić information content (AvgIpc) is 2.34. The van der Waals surface area contributed by atoms with Crippen molar-refractivity contribution in [1.82, 2.24) is 0 Å². The second-order valence-corrected chi connectivity index (χ2v) is 4.21. The fraction of sp³-hybridized carbons (Fsp3) is 0.462. The summed E-state index contributed by atoms with van der Waals surface area (Å²) in [6.45, 7) is 4.08. The smallest absolute Gasteiger partial charge is 0.132 e. The molecule has 0 amide bonds. The number of methoxy groups -OCH3 is 1. The van der Waals surface area contributed by atoms with Gasteiger partial charge in [-0.3, -0.25) is 0 Å². The molecule has 18 heavy (non-hydrogen) atoms. The van der Waals surface area contributed by atoms with E-state index in [4.69, 9.17) is 32.2 Å². The van der Waals surface area contributed by atoms with E-state index in [1.165, 1.54) is 0 Å². The van der Waals surface area contributed by atoms with Gasteiger partial charge in [0.05, 0.1) is 25.4 Å². The van der Waals surface area contributed by atoms with Gasteiger partial charge in [0.25, 0.3) is 0 Å². The van der Waals surface area contributed by atoms with E-state index in [0.29, 0.717) is 31.4 Å². The fourth-order valence-corrected chi connectivity index (χ4v) is 1.65. The summed E-state index contributed by atoms with van der Waals surface area (Å²) >= 11 is 5.00. The summed E-state index contributed by atoms with van der Waals surface area (Å²) < 4.78 is 15.9. The normalized spacial score (nSPS) is 10.3. The minimum Gasteiger partial charge on any atom is -0.490 e. The van der Waals surface area contributed by atoms with Crippen molar-refractivity contribution < 1.29 is 14.2 Å². The molecule has 0 radical (unpaired) electrons. The lowest BCUT2D eigenvalue weighted by Gasteiger charge is -2.13. The van der Waals surface area contributed by atoms with Crippen LogP contribution >= 0.6 is 12.2 Å². The molecule has 1 rings (SSSR count). The Morgan fingerprint density at radius 2 is 1.94 bits per heavy atom. The average molecular weight is 269 g/mol. The van der Waals surface area contributed by atoms with Crippen molar-refractivity contribution in [2.24, 2.45) is 5.73 Å². The summed E-state index contributed by atoms with van der Waals surface area (Å²) in [5.74, 6) is 0.736. The Morgan fingerprint density at radius 1 is 1.22 bits per heavy atom. The zero-order valence-corrected chi connectivity index (χ0v) is 11.6. The number of nitrogens with two attached hydrogens (primary N) is 1. The van der Waals surface area contributed by atoms with Gasteiger partial charge in [-0.2, -0.15) is 0 Å². The van der Waals surface area contributed by atoms with Gasteiger partial charge in [-0.1, -0.05) is 24.4 Å². The van der Waals surface area contributed by atoms with Gasteiger partial charge in [0, 0.05) is 7.11 Å². The molecule has 5 heteroatoms. The molecule has 1 aromatic rings. The van der Waals surface area contributed by atoms with E-state index in [1.54, 1.807) is 7.11 Å². The maximum absolute atomic E-state index is 5.68. The topological polar surface area (TPSA) is 53.7 Å². The van der Waals surface area contributed by atoms with Gasteiger partial charge in [-0.25, -0.2) is 0 Å². The predicted molar refractivity (Wildman–Crippen MR) is 75.3 cm³/mol. The minimum absolute atomic E-state index is 0.342. The highest BCUT2D eigenvalue weighted by atomic mass is 32.1. The molecular formula is C13H19NO3S. The van der Waals surface area contributed by atoms with Gasteiger partial charge >= 0.3 is 0 Å². The van der Waals surface area contributed by atoms with E-state index < -0.39 is 0 Å². The van der Waals surface area contributed by atoms with Gasteiger partial charge in [0.15, 0.2) is 0 Å². The van der Waals surface area contributed by atoms with Gasteiger partial charge in [0.2, 0.25) is 0 Å². The highest BCUT2D eigenvalue weighted by molar-refractivity contribution is 7.80. The number of aryl methyl sites for hydroxylation is 1. The maximum Gasteiger partial charge on any atom is 0.132 e. The van der Waals surface area contributed by atoms with Crippen LogP contribution in [0, 0.1) is 6.92 Å². The molecule has 0 saturated heterocycles. The van der Waals surface area contributed by atoms with Crippen LogP contribution in [-0.4, -0.2) is 38.5 Å². The Kier molecular flexibility index (Phi) is 6.64. The van der Waals surface area contributed by atoms with Crippen LogP contribution in [0.25, 0.3) is 0 Å². The number of hydrogen-bond acceptors (Lipinski definition) is 4. The lowest BCUT2D eigenvalue weighted by Crippen LogP contribution is -2.15. The van der Waals surface area contributed by atoms with E-state index >= 15 is 0 Å². The Balaban J connectivity index is 2.48. The van der Waals surface area contributed by atoms with Gasteiger partial charge < -0.3 is 19.9 Å². The first-order chi connectivity index (χ1) is 8.66. The number of rotatable bonds is 8. The largest absolute Gasteiger partial charge is 0.490 e. The molecular weight excluding hydrogens is 250 g/mol. The number of benzene rings is 1. The molecule has 0 aliphatic carbocycles. The van der Waals surface area contributed by atoms with Gasteiger partial charge in [-0.15, -0.1) is 0 Å². The van der Waals surface area contributed by atoms with Crippen molar-refractivity contribution in [3.63, 3.8) is 0 Å². The van der Waals surface area contributed by atoms with Crippen LogP contribution in [0.1, 0.15) is 11.1 Å². The summed E-state index contributed by atoms with van der Waals surface area (Å²) in [6, 6.07) is 5.73. The third-order valence-corrected chi connectivity index (χ3v) is 2.60. The van der Waals surface area contributed by atoms with Gasteiger partial charge in [-0.05, 0) is 18.6 Å². The van der Waals surface area contributed by atoms with Gasteiger partial charge in [0.1, 0.15) is 17.3 Å². The predicted octanol–water partition coefficient (Wildman–Crippen LogP) is 1.67. The number of ether oxygens (including phenoxy) is 3. The SMILES string of the molecule is COCCOCCOc1c(C)cccc1C(N)=S. The van der Waals surface area contributed by atoms with Crippen LogP contribution in [-0.2, 0) is 9.47 Å². The third kappa shape index (κ3) is 4.60. The third-order valence-electron chi connectivity index (χ3n) is 2.38. The van der Waals surface area contributed by atoms with Crippen molar-refractivity contribution >= 4 is 17.2 Å². The Hall–Kier alpha value is -1.17. The molecule has 0 saturated carbocycles. The summed E-state index contributed by atoms with van der Waals surface area (Å²) in [6.07, 6.45) is 0. The van der Waals surface area contributed by atoms with Crippen molar-refractivity contribution in [1.29, 1.82) is 0 Å². The highest BCUT2D eigenvalue weighted by Crippen LogP contribution is 2.23. The molecule has 0 bridgehead atoms. The molecule has 0 heterocycles. The molecule has 0 aliphatic heterocycles. The molecule has 0 fully saturated rings. The molecule has 0 unspecified atom stereocenters. The lowest BCUT2D eigenvalue weighted by molar-refractivity contribution is 0.0543. The fourth-order valence-electron chi connectivity index (χ4n) is 1.49. The van der Waals surface area contributed by atoms with Crippen LogP contribution in [0.4, 0.5) is 0 Å². The van der Waals surface area contributed by atoms with Crippen LogP contribution in [0.15, 0.2) is 18.2 Å². The van der Waals surface area contributed by atoms with Crippen molar-refractivity contribution in [2.75, 3.05) is 33.5 Å². The Labute approximate surface area is 113 Å². The Bertz CT molecular complexity index is 396. The second kappa shape index (κ2) is 8.02. The number of thiocarbonyl (C=S) groups is 1. The molecule has 0 aliphatic rings. The Morgan fingerprint density at radius 3 is 2.61 bits per heavy atom. The minimum atomic E-state index is 0.342.